The first-order chi connectivity index (χ1) is 9.10. The molecule has 0 amide bonds. The Balaban J connectivity index is 2.15. The molecule has 4 heteroatoms. The lowest BCUT2D eigenvalue weighted by Gasteiger charge is -2.05. The first kappa shape index (κ1) is 13.4. The number of halogens is 1. The summed E-state index contributed by atoms with van der Waals surface area (Å²) in [6.07, 6.45) is 0.221. The van der Waals surface area contributed by atoms with Gasteiger partial charge in [0.25, 0.3) is 0 Å². The Kier molecular flexibility index (Phi) is 4.07. The van der Waals surface area contributed by atoms with Gasteiger partial charge in [0.05, 0.1) is 12.7 Å². The molecule has 0 heterocycles. The van der Waals surface area contributed by atoms with Gasteiger partial charge in [-0.2, -0.15) is 0 Å². The van der Waals surface area contributed by atoms with Crippen LogP contribution < -0.4 is 4.74 Å². The molecule has 2 aromatic carbocycles. The molecule has 0 aliphatic carbocycles. The number of ether oxygens (including phenoxy) is 1. The summed E-state index contributed by atoms with van der Waals surface area (Å²) in [6, 6.07) is 11.7. The molecule has 3 nitrogen and oxygen atoms in total. The molecule has 0 bridgehead atoms. The molecule has 2 rings (SSSR count). The van der Waals surface area contributed by atoms with Crippen LogP contribution >= 0.6 is 11.6 Å². The predicted octanol–water partition coefficient (Wildman–Crippen LogP) is 3.48. The molecule has 1 N–H and O–H groups in total. The Morgan fingerprint density at radius 1 is 1.21 bits per heavy atom. The van der Waals surface area contributed by atoms with Gasteiger partial charge < -0.3 is 9.84 Å². The number of ketones is 1. The van der Waals surface area contributed by atoms with Crippen molar-refractivity contribution in [3.63, 3.8) is 0 Å². The smallest absolute Gasteiger partial charge is 0.170 e. The van der Waals surface area contributed by atoms with E-state index >= 15 is 0 Å². The molecule has 0 saturated heterocycles. The van der Waals surface area contributed by atoms with Crippen LogP contribution in [0.25, 0.3) is 0 Å². The van der Waals surface area contributed by atoms with Crippen molar-refractivity contribution in [2.75, 3.05) is 7.11 Å². The van der Waals surface area contributed by atoms with E-state index in [-0.39, 0.29) is 23.5 Å². The van der Waals surface area contributed by atoms with Crippen LogP contribution in [0.15, 0.2) is 42.5 Å². The second-order valence-electron chi connectivity index (χ2n) is 4.11. The third kappa shape index (κ3) is 3.26. The van der Waals surface area contributed by atoms with Gasteiger partial charge in [-0.1, -0.05) is 23.7 Å². The molecular formula is C15H13ClO3. The van der Waals surface area contributed by atoms with Gasteiger partial charge in [0.2, 0.25) is 0 Å². The summed E-state index contributed by atoms with van der Waals surface area (Å²) in [5.41, 5.74) is 1.14. The maximum Gasteiger partial charge on any atom is 0.170 e. The lowest BCUT2D eigenvalue weighted by molar-refractivity contribution is 0.0990. The standard InChI is InChI=1S/C15H13ClO3/c1-19-12-5-2-10(3-6-12)8-14(17)13-7-4-11(16)9-15(13)18/h2-7,9,18H,8H2,1H3. The molecule has 0 saturated carbocycles. The molecule has 0 aromatic heterocycles. The Labute approximate surface area is 116 Å². The molecule has 98 valence electrons. The van der Waals surface area contributed by atoms with Gasteiger partial charge in [-0.25, -0.2) is 0 Å². The van der Waals surface area contributed by atoms with E-state index in [2.05, 4.69) is 0 Å². The number of Topliss-reactive ketones (excluding diaryl/α,β-unsaturated/α-hetero) is 1. The monoisotopic (exact) mass is 276 g/mol. The Hall–Kier alpha value is -2.00. The fourth-order valence-corrected chi connectivity index (χ4v) is 1.93. The summed E-state index contributed by atoms with van der Waals surface area (Å²) in [6.45, 7) is 0. The lowest BCUT2D eigenvalue weighted by Crippen LogP contribution is -2.03. The van der Waals surface area contributed by atoms with Crippen molar-refractivity contribution in [3.05, 3.63) is 58.6 Å². The van der Waals surface area contributed by atoms with Crippen LogP contribution in [0.5, 0.6) is 11.5 Å². The molecule has 19 heavy (non-hydrogen) atoms. The average Bonchev–Trinajstić information content (AvgIpc) is 2.39. The van der Waals surface area contributed by atoms with Gasteiger partial charge in [0.1, 0.15) is 11.5 Å². The van der Waals surface area contributed by atoms with Crippen molar-refractivity contribution in [2.24, 2.45) is 0 Å². The minimum Gasteiger partial charge on any atom is -0.507 e. The van der Waals surface area contributed by atoms with Crippen LogP contribution in [0.4, 0.5) is 0 Å². The van der Waals surface area contributed by atoms with Gasteiger partial charge in [0.15, 0.2) is 5.78 Å². The Morgan fingerprint density at radius 3 is 2.47 bits per heavy atom. The molecule has 0 aliphatic rings. The summed E-state index contributed by atoms with van der Waals surface area (Å²) >= 11 is 5.73. The normalized spacial score (nSPS) is 10.2. The molecule has 0 unspecified atom stereocenters. The number of benzene rings is 2. The molecule has 0 fully saturated rings. The molecule has 0 radical (unpaired) electrons. The number of carbonyl (C=O) groups excluding carboxylic acids is 1. The number of phenolic OH excluding ortho intramolecular Hbond substituents is 1. The van der Waals surface area contributed by atoms with E-state index in [0.29, 0.717) is 5.02 Å². The highest BCUT2D eigenvalue weighted by atomic mass is 35.5. The van der Waals surface area contributed by atoms with Gasteiger partial charge in [0, 0.05) is 11.4 Å². The van der Waals surface area contributed by atoms with Crippen LogP contribution in [-0.4, -0.2) is 18.0 Å². The maximum absolute atomic E-state index is 12.1. The van der Waals surface area contributed by atoms with Crippen molar-refractivity contribution in [1.29, 1.82) is 0 Å². The van der Waals surface area contributed by atoms with Crippen molar-refractivity contribution in [1.82, 2.24) is 0 Å². The predicted molar refractivity (Wildman–Crippen MR) is 74.1 cm³/mol. The summed E-state index contributed by atoms with van der Waals surface area (Å²) in [5, 5.41) is 10.1. The summed E-state index contributed by atoms with van der Waals surface area (Å²) in [5.74, 6) is 0.496. The average molecular weight is 277 g/mol. The highest BCUT2D eigenvalue weighted by Gasteiger charge is 2.12. The third-order valence-electron chi connectivity index (χ3n) is 2.78. The molecule has 0 atom stereocenters. The highest BCUT2D eigenvalue weighted by Crippen LogP contribution is 2.23. The number of rotatable bonds is 4. The van der Waals surface area contributed by atoms with Crippen molar-refractivity contribution in [3.8, 4) is 11.5 Å². The van der Waals surface area contributed by atoms with Crippen molar-refractivity contribution < 1.29 is 14.6 Å². The van der Waals surface area contributed by atoms with E-state index in [1.807, 2.05) is 12.1 Å². The highest BCUT2D eigenvalue weighted by molar-refractivity contribution is 6.30. The SMILES string of the molecule is COc1ccc(CC(=O)c2ccc(Cl)cc2O)cc1. The minimum absolute atomic E-state index is 0.0917. The van der Waals surface area contributed by atoms with Crippen LogP contribution in [0.1, 0.15) is 15.9 Å². The lowest BCUT2D eigenvalue weighted by atomic mass is 10.0. The number of hydrogen-bond acceptors (Lipinski definition) is 3. The number of hydrogen-bond donors (Lipinski definition) is 1. The zero-order valence-electron chi connectivity index (χ0n) is 10.4. The number of aromatic hydroxyl groups is 1. The quantitative estimate of drug-likeness (QED) is 0.870. The fourth-order valence-electron chi connectivity index (χ4n) is 1.76. The van der Waals surface area contributed by atoms with E-state index in [1.54, 1.807) is 25.3 Å². The fraction of sp³-hybridized carbons (Fsp3) is 0.133. The van der Waals surface area contributed by atoms with E-state index in [9.17, 15) is 9.90 Å². The zero-order valence-corrected chi connectivity index (χ0v) is 11.1. The summed E-state index contributed by atoms with van der Waals surface area (Å²) in [4.78, 5) is 12.1. The largest absolute Gasteiger partial charge is 0.507 e. The zero-order chi connectivity index (χ0) is 13.8. The Morgan fingerprint density at radius 2 is 1.89 bits per heavy atom. The summed E-state index contributed by atoms with van der Waals surface area (Å²) in [7, 11) is 1.59. The second kappa shape index (κ2) is 5.76. The number of phenols is 1. The first-order valence-corrected chi connectivity index (χ1v) is 6.12. The minimum atomic E-state index is -0.153. The van der Waals surface area contributed by atoms with Gasteiger partial charge in [-0.15, -0.1) is 0 Å². The molecule has 0 spiro atoms. The van der Waals surface area contributed by atoms with E-state index < -0.39 is 0 Å². The van der Waals surface area contributed by atoms with E-state index in [4.69, 9.17) is 16.3 Å². The topological polar surface area (TPSA) is 46.5 Å². The molecule has 0 aliphatic heterocycles. The van der Waals surface area contributed by atoms with E-state index in [1.165, 1.54) is 12.1 Å². The van der Waals surface area contributed by atoms with Gasteiger partial charge in [-0.3, -0.25) is 4.79 Å². The number of carbonyl (C=O) groups is 1. The van der Waals surface area contributed by atoms with Crippen LogP contribution in [0.2, 0.25) is 5.02 Å². The van der Waals surface area contributed by atoms with Gasteiger partial charge in [-0.05, 0) is 35.9 Å². The molecular weight excluding hydrogens is 264 g/mol. The van der Waals surface area contributed by atoms with E-state index in [0.717, 1.165) is 11.3 Å². The van der Waals surface area contributed by atoms with Crippen LogP contribution in [0, 0.1) is 0 Å². The summed E-state index contributed by atoms with van der Waals surface area (Å²) < 4.78 is 5.05. The van der Waals surface area contributed by atoms with Gasteiger partial charge >= 0.3 is 0 Å². The second-order valence-corrected chi connectivity index (χ2v) is 4.55. The van der Waals surface area contributed by atoms with Crippen molar-refractivity contribution >= 4 is 17.4 Å². The van der Waals surface area contributed by atoms with Crippen LogP contribution in [0.3, 0.4) is 0 Å². The maximum atomic E-state index is 12.1. The Bertz CT molecular complexity index is 591. The molecule has 2 aromatic rings. The van der Waals surface area contributed by atoms with Crippen LogP contribution in [-0.2, 0) is 6.42 Å². The number of methoxy groups -OCH3 is 1. The third-order valence-corrected chi connectivity index (χ3v) is 3.02. The van der Waals surface area contributed by atoms with Crippen molar-refractivity contribution in [2.45, 2.75) is 6.42 Å². The first-order valence-electron chi connectivity index (χ1n) is 5.75.